The highest BCUT2D eigenvalue weighted by atomic mass is 16.5. The van der Waals surface area contributed by atoms with Crippen LogP contribution in [0.5, 0.6) is 0 Å². The summed E-state index contributed by atoms with van der Waals surface area (Å²) in [6.45, 7) is 7.96. The summed E-state index contributed by atoms with van der Waals surface area (Å²) in [5.41, 5.74) is 7.03. The van der Waals surface area contributed by atoms with Crippen molar-refractivity contribution in [2.75, 3.05) is 13.2 Å². The molecule has 0 saturated carbocycles. The van der Waals surface area contributed by atoms with Gasteiger partial charge in [0.2, 0.25) is 0 Å². The Balaban J connectivity index is 2.52. The van der Waals surface area contributed by atoms with Crippen LogP contribution in [0.15, 0.2) is 18.2 Å². The van der Waals surface area contributed by atoms with Gasteiger partial charge in [0.05, 0.1) is 0 Å². The second-order valence-corrected chi connectivity index (χ2v) is 4.78. The van der Waals surface area contributed by atoms with Crippen LogP contribution >= 0.6 is 0 Å². The Morgan fingerprint density at radius 2 is 1.94 bits per heavy atom. The van der Waals surface area contributed by atoms with Crippen LogP contribution in [-0.4, -0.2) is 19.3 Å². The third-order valence-corrected chi connectivity index (χ3v) is 3.38. The lowest BCUT2D eigenvalue weighted by Crippen LogP contribution is -2.37. The summed E-state index contributed by atoms with van der Waals surface area (Å²) in [5, 5.41) is 0. The lowest BCUT2D eigenvalue weighted by Gasteiger charge is -2.18. The molecule has 1 rings (SSSR count). The molecule has 3 nitrogen and oxygen atoms in total. The molecule has 0 fully saturated rings. The molecule has 0 amide bonds. The Kier molecular flexibility index (Phi) is 6.94. The van der Waals surface area contributed by atoms with Crippen LogP contribution in [0.1, 0.15) is 36.5 Å². The van der Waals surface area contributed by atoms with Gasteiger partial charge >= 0.3 is 0 Å². The van der Waals surface area contributed by atoms with Gasteiger partial charge in [-0.1, -0.05) is 18.2 Å². The van der Waals surface area contributed by atoms with Crippen LogP contribution in [0.3, 0.4) is 0 Å². The van der Waals surface area contributed by atoms with Crippen molar-refractivity contribution in [1.82, 2.24) is 5.43 Å². The molecule has 0 aliphatic heterocycles. The first kappa shape index (κ1) is 15.2. The second-order valence-electron chi connectivity index (χ2n) is 4.78. The van der Waals surface area contributed by atoms with Gasteiger partial charge in [-0.25, -0.2) is 0 Å². The van der Waals surface area contributed by atoms with Crippen LogP contribution in [-0.2, 0) is 11.2 Å². The van der Waals surface area contributed by atoms with Gasteiger partial charge in [0.25, 0.3) is 0 Å². The normalized spacial score (nSPS) is 12.7. The standard InChI is InChI=1S/C15H26N2O/c1-4-18-10-6-9-14(17-16)11-15-12(2)7-5-8-13(15)3/h5,7-8,14,17H,4,6,9-11,16H2,1-3H3. The van der Waals surface area contributed by atoms with Crippen molar-refractivity contribution < 1.29 is 4.74 Å². The predicted octanol–water partition coefficient (Wildman–Crippen LogP) is 2.49. The molecule has 0 spiro atoms. The van der Waals surface area contributed by atoms with E-state index in [-0.39, 0.29) is 0 Å². The van der Waals surface area contributed by atoms with E-state index in [1.165, 1.54) is 16.7 Å². The molecule has 1 atom stereocenters. The molecule has 0 bridgehead atoms. The molecule has 0 heterocycles. The molecule has 18 heavy (non-hydrogen) atoms. The number of aryl methyl sites for hydroxylation is 2. The van der Waals surface area contributed by atoms with Gasteiger partial charge in [-0.15, -0.1) is 0 Å². The quantitative estimate of drug-likeness (QED) is 0.423. The van der Waals surface area contributed by atoms with Crippen LogP contribution < -0.4 is 11.3 Å². The Labute approximate surface area is 111 Å². The summed E-state index contributed by atoms with van der Waals surface area (Å²) in [4.78, 5) is 0. The van der Waals surface area contributed by atoms with Crippen molar-refractivity contribution in [3.8, 4) is 0 Å². The maximum atomic E-state index is 5.64. The monoisotopic (exact) mass is 250 g/mol. The number of nitrogens with one attached hydrogen (secondary N) is 1. The van der Waals surface area contributed by atoms with Gasteiger partial charge in [0, 0.05) is 19.3 Å². The van der Waals surface area contributed by atoms with Crippen LogP contribution in [0.4, 0.5) is 0 Å². The minimum absolute atomic E-state index is 0.324. The maximum Gasteiger partial charge on any atom is 0.0466 e. The van der Waals surface area contributed by atoms with E-state index in [2.05, 4.69) is 37.5 Å². The highest BCUT2D eigenvalue weighted by Gasteiger charge is 2.11. The average molecular weight is 250 g/mol. The smallest absolute Gasteiger partial charge is 0.0466 e. The summed E-state index contributed by atoms with van der Waals surface area (Å²) >= 11 is 0. The number of rotatable bonds is 8. The highest BCUT2D eigenvalue weighted by molar-refractivity contribution is 5.34. The van der Waals surface area contributed by atoms with E-state index < -0.39 is 0 Å². The Morgan fingerprint density at radius 1 is 1.28 bits per heavy atom. The van der Waals surface area contributed by atoms with Crippen LogP contribution in [0, 0.1) is 13.8 Å². The number of hydrogen-bond donors (Lipinski definition) is 2. The molecule has 1 aromatic rings. The number of ether oxygens (including phenoxy) is 1. The second kappa shape index (κ2) is 8.25. The van der Waals surface area contributed by atoms with Crippen molar-refractivity contribution in [1.29, 1.82) is 0 Å². The maximum absolute atomic E-state index is 5.64. The summed E-state index contributed by atoms with van der Waals surface area (Å²) in [6.07, 6.45) is 3.08. The first-order chi connectivity index (χ1) is 8.69. The summed E-state index contributed by atoms with van der Waals surface area (Å²) < 4.78 is 5.36. The number of benzene rings is 1. The fourth-order valence-corrected chi connectivity index (χ4v) is 2.24. The van der Waals surface area contributed by atoms with E-state index in [1.54, 1.807) is 0 Å². The van der Waals surface area contributed by atoms with E-state index in [0.717, 1.165) is 32.5 Å². The van der Waals surface area contributed by atoms with Crippen molar-refractivity contribution in [3.05, 3.63) is 34.9 Å². The minimum atomic E-state index is 0.324. The zero-order valence-electron chi connectivity index (χ0n) is 11.8. The predicted molar refractivity (Wildman–Crippen MR) is 76.5 cm³/mol. The first-order valence-electron chi connectivity index (χ1n) is 6.78. The third kappa shape index (κ3) is 4.77. The van der Waals surface area contributed by atoms with E-state index in [1.807, 2.05) is 6.92 Å². The summed E-state index contributed by atoms with van der Waals surface area (Å²) in [6, 6.07) is 6.76. The van der Waals surface area contributed by atoms with Gasteiger partial charge in [0.15, 0.2) is 0 Å². The minimum Gasteiger partial charge on any atom is -0.382 e. The van der Waals surface area contributed by atoms with Crippen LogP contribution in [0.25, 0.3) is 0 Å². The molecule has 102 valence electrons. The van der Waals surface area contributed by atoms with E-state index in [9.17, 15) is 0 Å². The Hall–Kier alpha value is -0.900. The average Bonchev–Trinajstić information content (AvgIpc) is 2.36. The number of hydrazine groups is 1. The molecular formula is C15H26N2O. The van der Waals surface area contributed by atoms with Gasteiger partial charge in [-0.3, -0.25) is 11.3 Å². The lowest BCUT2D eigenvalue weighted by molar-refractivity contribution is 0.140. The molecule has 1 aromatic carbocycles. The zero-order chi connectivity index (χ0) is 13.4. The van der Waals surface area contributed by atoms with Crippen molar-refractivity contribution in [3.63, 3.8) is 0 Å². The lowest BCUT2D eigenvalue weighted by atomic mass is 9.95. The molecule has 3 N–H and O–H groups in total. The molecule has 0 aromatic heterocycles. The van der Waals surface area contributed by atoms with Gasteiger partial charge < -0.3 is 4.74 Å². The summed E-state index contributed by atoms with van der Waals surface area (Å²) in [7, 11) is 0. The van der Waals surface area contributed by atoms with E-state index >= 15 is 0 Å². The number of hydrogen-bond acceptors (Lipinski definition) is 3. The molecule has 0 aliphatic rings. The highest BCUT2D eigenvalue weighted by Crippen LogP contribution is 2.16. The third-order valence-electron chi connectivity index (χ3n) is 3.38. The fourth-order valence-electron chi connectivity index (χ4n) is 2.24. The molecule has 1 unspecified atom stereocenters. The van der Waals surface area contributed by atoms with Crippen molar-refractivity contribution >= 4 is 0 Å². The molecule has 0 saturated heterocycles. The molecule has 0 radical (unpaired) electrons. The van der Waals surface area contributed by atoms with Crippen molar-refractivity contribution in [2.45, 2.75) is 46.1 Å². The molecule has 0 aliphatic carbocycles. The van der Waals surface area contributed by atoms with Crippen molar-refractivity contribution in [2.24, 2.45) is 5.84 Å². The van der Waals surface area contributed by atoms with E-state index in [0.29, 0.717) is 6.04 Å². The topological polar surface area (TPSA) is 47.3 Å². The largest absolute Gasteiger partial charge is 0.382 e. The molecular weight excluding hydrogens is 224 g/mol. The Morgan fingerprint density at radius 3 is 2.50 bits per heavy atom. The van der Waals surface area contributed by atoms with Gasteiger partial charge in [0.1, 0.15) is 0 Å². The first-order valence-corrected chi connectivity index (χ1v) is 6.78. The Bertz CT molecular complexity index is 332. The number of nitrogens with two attached hydrogens (primary N) is 1. The molecule has 3 heteroatoms. The van der Waals surface area contributed by atoms with E-state index in [4.69, 9.17) is 10.6 Å². The van der Waals surface area contributed by atoms with Gasteiger partial charge in [-0.05, 0) is 56.7 Å². The van der Waals surface area contributed by atoms with Crippen LogP contribution in [0.2, 0.25) is 0 Å². The zero-order valence-corrected chi connectivity index (χ0v) is 11.8. The fraction of sp³-hybridized carbons (Fsp3) is 0.600. The SMILES string of the molecule is CCOCCCC(Cc1c(C)cccc1C)NN. The summed E-state index contributed by atoms with van der Waals surface area (Å²) in [5.74, 6) is 5.64. The van der Waals surface area contributed by atoms with Gasteiger partial charge in [-0.2, -0.15) is 0 Å².